The van der Waals surface area contributed by atoms with Crippen LogP contribution in [-0.2, 0) is 0 Å². The third kappa shape index (κ3) is 3.44. The molecule has 0 fully saturated rings. The summed E-state index contributed by atoms with van der Waals surface area (Å²) in [6.45, 7) is 0. The second-order valence-corrected chi connectivity index (χ2v) is 5.58. The first kappa shape index (κ1) is 17.7. The van der Waals surface area contributed by atoms with E-state index in [-0.39, 0.29) is 41.2 Å². The molecule has 3 N–H and O–H groups in total. The van der Waals surface area contributed by atoms with E-state index in [4.69, 9.17) is 5.73 Å². The minimum absolute atomic E-state index is 0.0238. The summed E-state index contributed by atoms with van der Waals surface area (Å²) in [4.78, 5) is 15.7. The molecular weight excluding hydrogens is 350 g/mol. The third-order valence-corrected chi connectivity index (χ3v) is 3.80. The highest BCUT2D eigenvalue weighted by Gasteiger charge is 2.20. The summed E-state index contributed by atoms with van der Waals surface area (Å²) in [6.07, 6.45) is 1.50. The van der Waals surface area contributed by atoms with Crippen molar-refractivity contribution in [2.45, 2.75) is 12.8 Å². The molecule has 2 aromatic rings. The van der Waals surface area contributed by atoms with Gasteiger partial charge < -0.3 is 11.1 Å². The zero-order valence-electron chi connectivity index (χ0n) is 13.3. The van der Waals surface area contributed by atoms with Crippen molar-refractivity contribution in [2.24, 2.45) is 5.73 Å². The number of allylic oxidation sites excluding steroid dienone is 3. The smallest absolute Gasteiger partial charge is 0.250 e. The topological polar surface area (TPSA) is 68.0 Å². The molecule has 0 spiro atoms. The van der Waals surface area contributed by atoms with E-state index in [2.05, 4.69) is 10.3 Å². The lowest BCUT2D eigenvalue weighted by Crippen LogP contribution is -2.15. The van der Waals surface area contributed by atoms with Crippen molar-refractivity contribution in [1.82, 2.24) is 4.98 Å². The fraction of sp³-hybridized carbons (Fsp3) is 0.111. The first-order chi connectivity index (χ1) is 12.4. The molecule has 3 rings (SSSR count). The molecule has 0 radical (unpaired) electrons. The van der Waals surface area contributed by atoms with Gasteiger partial charge in [0.05, 0.1) is 11.3 Å². The summed E-state index contributed by atoms with van der Waals surface area (Å²) in [5, 5.41) is 2.49. The average molecular weight is 363 g/mol. The number of carbonyl (C=O) groups is 1. The molecule has 134 valence electrons. The van der Waals surface area contributed by atoms with Crippen LogP contribution >= 0.6 is 0 Å². The van der Waals surface area contributed by atoms with Gasteiger partial charge in [-0.25, -0.2) is 22.5 Å². The number of nitrogens with zero attached hydrogens (tertiary/aromatic N) is 1. The van der Waals surface area contributed by atoms with Crippen molar-refractivity contribution in [3.63, 3.8) is 0 Å². The molecule has 1 aliphatic carbocycles. The Bertz CT molecular complexity index is 953. The fourth-order valence-corrected chi connectivity index (χ4v) is 2.55. The van der Waals surface area contributed by atoms with Crippen molar-refractivity contribution >= 4 is 11.7 Å². The Morgan fingerprint density at radius 2 is 1.88 bits per heavy atom. The van der Waals surface area contributed by atoms with Crippen LogP contribution in [-0.4, -0.2) is 10.9 Å². The number of rotatable bonds is 4. The molecular formula is C18H13F4N3O. The molecule has 0 saturated carbocycles. The highest BCUT2D eigenvalue weighted by atomic mass is 19.1. The summed E-state index contributed by atoms with van der Waals surface area (Å²) < 4.78 is 54.9. The molecule has 1 heterocycles. The number of nitrogens with one attached hydrogen (secondary N) is 1. The van der Waals surface area contributed by atoms with E-state index in [9.17, 15) is 22.4 Å². The standard InChI is InChI=1S/C18H13F4N3O/c19-9-4-5-10(14(22)8-9)16-11(18(23)26)6-7-15(24-16)25-17-12(20)2-1-3-13(17)21/h2,4-8H,1,3H2,(H2,23,26)(H,24,25). The number of amides is 1. The molecule has 0 aliphatic heterocycles. The summed E-state index contributed by atoms with van der Waals surface area (Å²) >= 11 is 0. The van der Waals surface area contributed by atoms with Crippen molar-refractivity contribution in [3.8, 4) is 11.3 Å². The predicted octanol–water partition coefficient (Wildman–Crippen LogP) is 4.37. The Kier molecular flexibility index (Phi) is 4.75. The number of hydrogen-bond acceptors (Lipinski definition) is 3. The van der Waals surface area contributed by atoms with Crippen LogP contribution in [0, 0.1) is 11.6 Å². The van der Waals surface area contributed by atoms with Gasteiger partial charge in [0.2, 0.25) is 0 Å². The maximum Gasteiger partial charge on any atom is 0.250 e. The Balaban J connectivity index is 2.08. The fourth-order valence-electron chi connectivity index (χ4n) is 2.55. The van der Waals surface area contributed by atoms with Gasteiger partial charge >= 0.3 is 0 Å². The van der Waals surface area contributed by atoms with Gasteiger partial charge in [0.1, 0.15) is 34.8 Å². The van der Waals surface area contributed by atoms with Gasteiger partial charge in [-0.1, -0.05) is 0 Å². The van der Waals surface area contributed by atoms with E-state index < -0.39 is 29.2 Å². The molecule has 0 unspecified atom stereocenters. The number of primary amides is 1. The first-order valence-electron chi connectivity index (χ1n) is 7.65. The molecule has 0 bridgehead atoms. The maximum absolute atomic E-state index is 14.1. The molecule has 26 heavy (non-hydrogen) atoms. The van der Waals surface area contributed by atoms with E-state index in [1.165, 1.54) is 18.2 Å². The Labute approximate surface area is 146 Å². The molecule has 1 aliphatic rings. The van der Waals surface area contributed by atoms with Crippen LogP contribution in [0.15, 0.2) is 53.8 Å². The van der Waals surface area contributed by atoms with Gasteiger partial charge in [-0.3, -0.25) is 4.79 Å². The van der Waals surface area contributed by atoms with Crippen LogP contribution in [0.25, 0.3) is 11.3 Å². The molecule has 4 nitrogen and oxygen atoms in total. The van der Waals surface area contributed by atoms with E-state index in [0.717, 1.165) is 12.1 Å². The minimum Gasteiger partial charge on any atom is -0.366 e. The molecule has 0 atom stereocenters. The summed E-state index contributed by atoms with van der Waals surface area (Å²) in [5.74, 6) is -4.11. The van der Waals surface area contributed by atoms with Gasteiger partial charge in [0.25, 0.3) is 5.91 Å². The predicted molar refractivity (Wildman–Crippen MR) is 88.3 cm³/mol. The second kappa shape index (κ2) is 6.99. The highest BCUT2D eigenvalue weighted by Crippen LogP contribution is 2.30. The quantitative estimate of drug-likeness (QED) is 0.793. The second-order valence-electron chi connectivity index (χ2n) is 5.58. The van der Waals surface area contributed by atoms with Crippen molar-refractivity contribution in [3.05, 3.63) is 71.0 Å². The maximum atomic E-state index is 14.1. The molecule has 1 aromatic heterocycles. The van der Waals surface area contributed by atoms with Crippen LogP contribution < -0.4 is 11.1 Å². The average Bonchev–Trinajstić information content (AvgIpc) is 2.58. The number of hydrogen-bond donors (Lipinski definition) is 2. The van der Waals surface area contributed by atoms with Crippen molar-refractivity contribution in [1.29, 1.82) is 0 Å². The van der Waals surface area contributed by atoms with Crippen LogP contribution in [0.4, 0.5) is 23.4 Å². The Morgan fingerprint density at radius 1 is 1.12 bits per heavy atom. The van der Waals surface area contributed by atoms with Gasteiger partial charge in [-0.05, 0) is 36.8 Å². The number of carbonyl (C=O) groups excluding carboxylic acids is 1. The van der Waals surface area contributed by atoms with E-state index >= 15 is 0 Å². The SMILES string of the molecule is NC(=O)c1ccc(NC2=C(F)CCC=C2F)nc1-c1ccc(F)cc1F. The first-order valence-corrected chi connectivity index (χ1v) is 7.65. The molecule has 1 amide bonds. The van der Waals surface area contributed by atoms with Crippen LogP contribution in [0.1, 0.15) is 23.2 Å². The van der Waals surface area contributed by atoms with E-state index in [1.807, 2.05) is 0 Å². The zero-order valence-corrected chi connectivity index (χ0v) is 13.3. The van der Waals surface area contributed by atoms with Crippen molar-refractivity contribution in [2.75, 3.05) is 5.32 Å². The van der Waals surface area contributed by atoms with Gasteiger partial charge in [0.15, 0.2) is 0 Å². The minimum atomic E-state index is -0.953. The number of halogens is 4. The molecule has 1 aromatic carbocycles. The third-order valence-electron chi connectivity index (χ3n) is 3.80. The number of pyridine rings is 1. The lowest BCUT2D eigenvalue weighted by Gasteiger charge is -2.15. The van der Waals surface area contributed by atoms with Crippen LogP contribution in [0.3, 0.4) is 0 Å². The number of benzene rings is 1. The zero-order chi connectivity index (χ0) is 18.8. The van der Waals surface area contributed by atoms with Crippen LogP contribution in [0.2, 0.25) is 0 Å². The van der Waals surface area contributed by atoms with Gasteiger partial charge in [0, 0.05) is 18.1 Å². The highest BCUT2D eigenvalue weighted by molar-refractivity contribution is 5.99. The van der Waals surface area contributed by atoms with Gasteiger partial charge in [-0.15, -0.1) is 0 Å². The number of nitrogens with two attached hydrogens (primary N) is 1. The lowest BCUT2D eigenvalue weighted by molar-refractivity contribution is 0.100. The van der Waals surface area contributed by atoms with E-state index in [1.54, 1.807) is 0 Å². The number of aromatic nitrogens is 1. The van der Waals surface area contributed by atoms with Crippen LogP contribution in [0.5, 0.6) is 0 Å². The van der Waals surface area contributed by atoms with E-state index in [0.29, 0.717) is 6.07 Å². The largest absolute Gasteiger partial charge is 0.366 e. The Morgan fingerprint density at radius 3 is 2.54 bits per heavy atom. The summed E-state index contributed by atoms with van der Waals surface area (Å²) in [6, 6.07) is 5.26. The lowest BCUT2D eigenvalue weighted by atomic mass is 10.0. The van der Waals surface area contributed by atoms with Crippen molar-refractivity contribution < 1.29 is 22.4 Å². The Hall–Kier alpha value is -3.16. The molecule has 8 heteroatoms. The normalized spacial score (nSPS) is 14.2. The molecule has 0 saturated heterocycles. The summed E-state index contributed by atoms with van der Waals surface area (Å²) in [5.41, 5.74) is 4.45. The monoisotopic (exact) mass is 363 g/mol. The number of anilines is 1. The van der Waals surface area contributed by atoms with Gasteiger partial charge in [-0.2, -0.15) is 0 Å². The summed E-state index contributed by atoms with van der Waals surface area (Å²) in [7, 11) is 0.